The van der Waals surface area contributed by atoms with Crippen molar-refractivity contribution in [3.63, 3.8) is 0 Å². The van der Waals surface area contributed by atoms with Gasteiger partial charge in [0.1, 0.15) is 0 Å². The molecule has 2 heteroatoms. The zero-order valence-corrected chi connectivity index (χ0v) is 37.3. The summed E-state index contributed by atoms with van der Waals surface area (Å²) in [5, 5.41) is 8.48. The van der Waals surface area contributed by atoms with Crippen molar-refractivity contribution in [2.24, 2.45) is 11.8 Å². The molecule has 0 amide bonds. The van der Waals surface area contributed by atoms with Gasteiger partial charge in [0.15, 0.2) is 0 Å². The fourth-order valence-electron chi connectivity index (χ4n) is 11.0. The first kappa shape index (κ1) is 39.0. The minimum absolute atomic E-state index is 0.0661. The van der Waals surface area contributed by atoms with Crippen LogP contribution in [0.25, 0.3) is 23.3 Å². The quantitative estimate of drug-likeness (QED) is 0.116. The van der Waals surface area contributed by atoms with Gasteiger partial charge < -0.3 is 0 Å². The average molecular weight is 813 g/mol. The van der Waals surface area contributed by atoms with Crippen LogP contribution in [0.3, 0.4) is 0 Å². The van der Waals surface area contributed by atoms with Gasteiger partial charge in [0.25, 0.3) is 0 Å². The summed E-state index contributed by atoms with van der Waals surface area (Å²) in [5.74, 6) is 1.30. The number of rotatable bonds is 6. The maximum Gasteiger partial charge on any atom is 0.0162 e. The van der Waals surface area contributed by atoms with E-state index in [1.807, 2.05) is 6.07 Å². The van der Waals surface area contributed by atoms with Gasteiger partial charge in [0, 0.05) is 22.4 Å². The van der Waals surface area contributed by atoms with E-state index in [1.165, 1.54) is 53.9 Å². The van der Waals surface area contributed by atoms with Gasteiger partial charge in [-0.25, -0.2) is 0 Å². The number of hydrogen-bond donors (Lipinski definition) is 0. The Morgan fingerprint density at radius 2 is 1.05 bits per heavy atom. The van der Waals surface area contributed by atoms with E-state index in [1.54, 1.807) is 22.3 Å². The van der Waals surface area contributed by atoms with Crippen LogP contribution in [0.2, 0.25) is 0 Å². The first-order valence-electron chi connectivity index (χ1n) is 21.8. The highest BCUT2D eigenvalue weighted by molar-refractivity contribution is 7.79. The molecule has 7 aromatic rings. The summed E-state index contributed by atoms with van der Waals surface area (Å²) >= 11 is 0. The molecule has 0 aliphatic heterocycles. The van der Waals surface area contributed by atoms with E-state index in [-0.39, 0.29) is 10.8 Å². The Labute approximate surface area is 360 Å². The van der Waals surface area contributed by atoms with E-state index in [4.69, 9.17) is 0 Å². The summed E-state index contributed by atoms with van der Waals surface area (Å²) in [6.07, 6.45) is 9.17. The van der Waals surface area contributed by atoms with Gasteiger partial charge in [-0.05, 0) is 103 Å². The molecule has 0 aromatic heterocycles. The van der Waals surface area contributed by atoms with Crippen LogP contribution >= 0.6 is 16.5 Å². The molecule has 5 unspecified atom stereocenters. The van der Waals surface area contributed by atoms with E-state index >= 15 is 0 Å². The van der Waals surface area contributed by atoms with Gasteiger partial charge in [0.05, 0.1) is 0 Å². The van der Waals surface area contributed by atoms with Crippen molar-refractivity contribution >= 4 is 49.9 Å². The van der Waals surface area contributed by atoms with Crippen LogP contribution in [0.4, 0.5) is 0 Å². The third kappa shape index (κ3) is 6.69. The molecule has 4 aliphatic rings. The molecular weight excluding hydrogens is 759 g/mol. The Morgan fingerprint density at radius 1 is 0.500 bits per heavy atom. The van der Waals surface area contributed by atoms with E-state index in [2.05, 4.69) is 223 Å². The van der Waals surface area contributed by atoms with Crippen LogP contribution in [0.5, 0.6) is 0 Å². The highest BCUT2D eigenvalue weighted by atomic mass is 31.1. The van der Waals surface area contributed by atoms with Crippen molar-refractivity contribution in [2.75, 3.05) is 0 Å². The molecule has 296 valence electrons. The Kier molecular flexibility index (Phi) is 10.2. The van der Waals surface area contributed by atoms with Crippen molar-refractivity contribution in [1.29, 1.82) is 0 Å². The van der Waals surface area contributed by atoms with Crippen molar-refractivity contribution in [2.45, 2.75) is 63.4 Å². The molecule has 0 nitrogen and oxygen atoms in total. The van der Waals surface area contributed by atoms with Crippen molar-refractivity contribution < 1.29 is 0 Å². The molecule has 0 fully saturated rings. The number of hydrogen-bond acceptors (Lipinski definition) is 0. The minimum atomic E-state index is -0.678. The largest absolute Gasteiger partial charge is 0.0827 e. The van der Waals surface area contributed by atoms with Gasteiger partial charge in [-0.2, -0.15) is 0 Å². The summed E-state index contributed by atoms with van der Waals surface area (Å²) in [4.78, 5) is 0. The molecule has 0 radical (unpaired) electrons. The Bertz CT molecular complexity index is 2800. The summed E-state index contributed by atoms with van der Waals surface area (Å²) in [7, 11) is 0.0680. The van der Waals surface area contributed by atoms with Gasteiger partial charge in [-0.1, -0.05) is 237 Å². The van der Waals surface area contributed by atoms with Crippen molar-refractivity contribution in [3.05, 3.63) is 226 Å². The standard InChI is InChI=1S/C50H44P2.C8H10/c1-49(2)43-30-37(52(35-20-10-6-11-21-35)36-22-12-7-13-23-36)24-25-38(43)39-26-27-40-46-42-29-33-17-15-14-16-32(33)28-41(42)45(51-34-18-8-5-9-19-34)31-44(46)50(3,4)48(40)47(39)49;1-2-8-6-4-3-5-7-8/h5-31,41-42,45-46,51H,1-4H3;3-7H,2H2,1H3. The Morgan fingerprint density at radius 3 is 1.65 bits per heavy atom. The van der Waals surface area contributed by atoms with Crippen LogP contribution in [0.1, 0.15) is 68.4 Å². The molecule has 0 saturated carbocycles. The Balaban J connectivity index is 0.000000488. The first-order chi connectivity index (χ1) is 29.2. The predicted molar refractivity (Wildman–Crippen MR) is 262 cm³/mol. The fraction of sp³-hybridized carbons (Fsp3) is 0.207. The molecule has 0 saturated heterocycles. The maximum absolute atomic E-state index is 2.75. The lowest BCUT2D eigenvalue weighted by atomic mass is 9.66. The number of fused-ring (bicyclic) bond motifs is 10. The summed E-state index contributed by atoms with van der Waals surface area (Å²) in [5.41, 5.74) is 12.4. The average Bonchev–Trinajstić information content (AvgIpc) is 3.66. The van der Waals surface area contributed by atoms with Crippen molar-refractivity contribution in [1.82, 2.24) is 0 Å². The van der Waals surface area contributed by atoms with Crippen LogP contribution in [0.15, 0.2) is 188 Å². The summed E-state index contributed by atoms with van der Waals surface area (Å²) in [6, 6.07) is 65.5. The molecule has 0 spiro atoms. The predicted octanol–water partition coefficient (Wildman–Crippen LogP) is 11.2. The third-order valence-corrected chi connectivity index (χ3v) is 17.8. The van der Waals surface area contributed by atoms with E-state index in [0.717, 1.165) is 15.0 Å². The highest BCUT2D eigenvalue weighted by Gasteiger charge is 2.53. The number of allylic oxidation sites excluding steroid dienone is 2. The normalized spacial score (nSPS) is 20.9. The lowest BCUT2D eigenvalue weighted by Crippen LogP contribution is -2.41. The van der Waals surface area contributed by atoms with E-state index < -0.39 is 7.92 Å². The minimum Gasteiger partial charge on any atom is -0.0827 e. The fourth-order valence-corrected chi connectivity index (χ4v) is 14.9. The monoisotopic (exact) mass is 812 g/mol. The second-order valence-electron chi connectivity index (χ2n) is 18.0. The molecule has 60 heavy (non-hydrogen) atoms. The van der Waals surface area contributed by atoms with Crippen molar-refractivity contribution in [3.8, 4) is 11.1 Å². The SMILES string of the molecule is CC1(C)C2=CC(Pc3ccccc3)C3C=c4ccccc4=CC3C2c2ccc3c(c21)C(C)(C)c1cc(P(c2ccccc2)c2ccccc2)ccc1-3.CCc1ccccc1. The lowest BCUT2D eigenvalue weighted by Gasteiger charge is -2.42. The van der Waals surface area contributed by atoms with E-state index in [9.17, 15) is 0 Å². The highest BCUT2D eigenvalue weighted by Crippen LogP contribution is 2.64. The Hall–Kier alpha value is -5.12. The molecule has 0 bridgehead atoms. The first-order valence-corrected chi connectivity index (χ1v) is 24.3. The van der Waals surface area contributed by atoms with Crippen LogP contribution in [-0.2, 0) is 17.3 Å². The molecule has 0 heterocycles. The second kappa shape index (κ2) is 15.7. The lowest BCUT2D eigenvalue weighted by molar-refractivity contribution is 0.431. The molecule has 5 atom stereocenters. The summed E-state index contributed by atoms with van der Waals surface area (Å²) in [6.45, 7) is 12.2. The van der Waals surface area contributed by atoms with Gasteiger partial charge in [-0.3, -0.25) is 0 Å². The maximum atomic E-state index is 2.75. The summed E-state index contributed by atoms with van der Waals surface area (Å²) < 4.78 is 0. The number of benzene rings is 7. The van der Waals surface area contributed by atoms with Crippen LogP contribution in [0, 0.1) is 11.8 Å². The molecular formula is C58H54P2. The third-order valence-electron chi connectivity index (χ3n) is 13.8. The van der Waals surface area contributed by atoms with Gasteiger partial charge in [0.2, 0.25) is 0 Å². The number of aryl methyl sites for hydroxylation is 1. The molecule has 0 N–H and O–H groups in total. The molecule has 11 rings (SSSR count). The topological polar surface area (TPSA) is 0 Å². The van der Waals surface area contributed by atoms with Gasteiger partial charge >= 0.3 is 0 Å². The second-order valence-corrected chi connectivity index (χ2v) is 21.8. The van der Waals surface area contributed by atoms with Crippen LogP contribution < -0.4 is 31.7 Å². The smallest absolute Gasteiger partial charge is 0.0162 e. The molecule has 7 aromatic carbocycles. The zero-order chi connectivity index (χ0) is 41.0. The molecule has 4 aliphatic carbocycles. The van der Waals surface area contributed by atoms with E-state index in [0.29, 0.717) is 23.4 Å². The van der Waals surface area contributed by atoms with Crippen LogP contribution in [-0.4, -0.2) is 5.66 Å². The van der Waals surface area contributed by atoms with Gasteiger partial charge in [-0.15, -0.1) is 0 Å². The zero-order valence-electron chi connectivity index (χ0n) is 35.4.